The van der Waals surface area contributed by atoms with Crippen molar-refractivity contribution in [2.75, 3.05) is 7.05 Å². The van der Waals surface area contributed by atoms with E-state index in [-0.39, 0.29) is 15.8 Å². The zero-order chi connectivity index (χ0) is 15.7. The summed E-state index contributed by atoms with van der Waals surface area (Å²) in [6.45, 7) is 0. The van der Waals surface area contributed by atoms with E-state index in [4.69, 9.17) is 10.7 Å². The fourth-order valence-corrected chi connectivity index (χ4v) is 4.77. The van der Waals surface area contributed by atoms with Gasteiger partial charge in [-0.05, 0) is 37.1 Å². The molecule has 1 aliphatic carbocycles. The Morgan fingerprint density at radius 3 is 1.90 bits per heavy atom. The maximum atomic E-state index is 12.5. The summed E-state index contributed by atoms with van der Waals surface area (Å²) in [7, 11) is -0.645. The molecule has 0 saturated heterocycles. The van der Waals surface area contributed by atoms with E-state index in [0.29, 0.717) is 0 Å². The van der Waals surface area contributed by atoms with Crippen LogP contribution in [-0.2, 0) is 19.1 Å². The summed E-state index contributed by atoms with van der Waals surface area (Å²) < 4.78 is 48.8. The molecular formula is C13H18ClNO4S2. The van der Waals surface area contributed by atoms with Crippen molar-refractivity contribution in [2.24, 2.45) is 0 Å². The van der Waals surface area contributed by atoms with Crippen LogP contribution in [0, 0.1) is 0 Å². The quantitative estimate of drug-likeness (QED) is 0.781. The number of nitrogens with zero attached hydrogens (tertiary/aromatic N) is 1. The standard InChI is InChI=1S/C13H18ClNO4S2/c1-15(11-5-3-2-4-6-11)21(18,19)13-9-7-12(8-10-13)20(14,16)17/h7-11H,2-6H2,1H3. The minimum atomic E-state index is -3.84. The molecule has 2 rings (SSSR count). The third-order valence-electron chi connectivity index (χ3n) is 3.87. The minimum absolute atomic E-state index is 0.0141. The second kappa shape index (κ2) is 6.24. The molecule has 1 saturated carbocycles. The minimum Gasteiger partial charge on any atom is -0.207 e. The van der Waals surface area contributed by atoms with Crippen LogP contribution in [0.5, 0.6) is 0 Å². The van der Waals surface area contributed by atoms with Gasteiger partial charge in [0.25, 0.3) is 9.05 Å². The van der Waals surface area contributed by atoms with Crippen LogP contribution >= 0.6 is 10.7 Å². The summed E-state index contributed by atoms with van der Waals surface area (Å²) in [5, 5.41) is 0. The average Bonchev–Trinajstić information content (AvgIpc) is 2.46. The molecule has 0 amide bonds. The highest BCUT2D eigenvalue weighted by Crippen LogP contribution is 2.27. The van der Waals surface area contributed by atoms with E-state index >= 15 is 0 Å². The molecule has 0 aromatic heterocycles. The predicted octanol–water partition coefficient (Wildman–Crippen LogP) is 2.57. The van der Waals surface area contributed by atoms with Crippen molar-refractivity contribution >= 4 is 29.8 Å². The molecule has 0 bridgehead atoms. The van der Waals surface area contributed by atoms with Gasteiger partial charge in [-0.1, -0.05) is 19.3 Å². The largest absolute Gasteiger partial charge is 0.261 e. The van der Waals surface area contributed by atoms with Crippen LogP contribution in [0.15, 0.2) is 34.1 Å². The van der Waals surface area contributed by atoms with Crippen molar-refractivity contribution in [3.8, 4) is 0 Å². The molecule has 0 aliphatic heterocycles. The van der Waals surface area contributed by atoms with Gasteiger partial charge in [-0.3, -0.25) is 0 Å². The van der Waals surface area contributed by atoms with Gasteiger partial charge in [-0.2, -0.15) is 4.31 Å². The number of benzene rings is 1. The number of rotatable bonds is 4. The SMILES string of the molecule is CN(C1CCCCC1)S(=O)(=O)c1ccc(S(=O)(=O)Cl)cc1. The number of hydrogen-bond acceptors (Lipinski definition) is 4. The van der Waals surface area contributed by atoms with Crippen molar-refractivity contribution in [2.45, 2.75) is 47.9 Å². The number of hydrogen-bond donors (Lipinski definition) is 0. The highest BCUT2D eigenvalue weighted by atomic mass is 35.7. The van der Waals surface area contributed by atoms with Crippen LogP contribution in [-0.4, -0.2) is 34.2 Å². The first-order valence-corrected chi connectivity index (χ1v) is 10.5. The molecule has 0 unspecified atom stereocenters. The van der Waals surface area contributed by atoms with E-state index in [2.05, 4.69) is 0 Å². The van der Waals surface area contributed by atoms with Gasteiger partial charge in [0.05, 0.1) is 9.79 Å². The molecular weight excluding hydrogens is 334 g/mol. The molecule has 0 spiro atoms. The zero-order valence-electron chi connectivity index (χ0n) is 11.7. The molecule has 0 radical (unpaired) electrons. The third kappa shape index (κ3) is 3.77. The summed E-state index contributed by atoms with van der Waals surface area (Å²) in [6.07, 6.45) is 4.95. The van der Waals surface area contributed by atoms with E-state index in [1.54, 1.807) is 7.05 Å². The van der Waals surface area contributed by atoms with Gasteiger partial charge in [0.1, 0.15) is 0 Å². The first kappa shape index (κ1) is 16.7. The zero-order valence-corrected chi connectivity index (χ0v) is 14.1. The van der Waals surface area contributed by atoms with Crippen LogP contribution < -0.4 is 0 Å². The van der Waals surface area contributed by atoms with Crippen molar-refractivity contribution in [3.63, 3.8) is 0 Å². The summed E-state index contributed by atoms with van der Waals surface area (Å²) >= 11 is 0. The molecule has 1 aliphatic rings. The van der Waals surface area contributed by atoms with Gasteiger partial charge >= 0.3 is 0 Å². The van der Waals surface area contributed by atoms with Gasteiger partial charge in [0.15, 0.2) is 0 Å². The first-order chi connectivity index (χ1) is 9.73. The highest BCUT2D eigenvalue weighted by Gasteiger charge is 2.29. The normalized spacial score (nSPS) is 18.0. The lowest BCUT2D eigenvalue weighted by Gasteiger charge is -2.30. The van der Waals surface area contributed by atoms with Gasteiger partial charge in [0.2, 0.25) is 10.0 Å². The second-order valence-electron chi connectivity index (χ2n) is 5.22. The van der Waals surface area contributed by atoms with Gasteiger partial charge < -0.3 is 0 Å². The first-order valence-electron chi connectivity index (χ1n) is 6.76. The van der Waals surface area contributed by atoms with E-state index in [0.717, 1.165) is 32.1 Å². The van der Waals surface area contributed by atoms with Crippen LogP contribution in [0.4, 0.5) is 0 Å². The summed E-state index contributed by atoms with van der Waals surface area (Å²) in [5.41, 5.74) is 0. The Hall–Kier alpha value is -0.630. The molecule has 0 N–H and O–H groups in total. The molecule has 5 nitrogen and oxygen atoms in total. The Bertz CT molecular complexity index is 692. The number of halogens is 1. The summed E-state index contributed by atoms with van der Waals surface area (Å²) in [6, 6.07) is 5.00. The maximum Gasteiger partial charge on any atom is 0.261 e. The molecule has 21 heavy (non-hydrogen) atoms. The average molecular weight is 352 g/mol. The molecule has 1 fully saturated rings. The predicted molar refractivity (Wildman–Crippen MR) is 81.3 cm³/mol. The maximum absolute atomic E-state index is 12.5. The van der Waals surface area contributed by atoms with Crippen LogP contribution in [0.2, 0.25) is 0 Å². The smallest absolute Gasteiger partial charge is 0.207 e. The lowest BCUT2D eigenvalue weighted by molar-refractivity contribution is 0.286. The second-order valence-corrected chi connectivity index (χ2v) is 9.79. The Labute approximate surface area is 130 Å². The Morgan fingerprint density at radius 1 is 0.952 bits per heavy atom. The van der Waals surface area contributed by atoms with Crippen LogP contribution in [0.3, 0.4) is 0 Å². The lowest BCUT2D eigenvalue weighted by Crippen LogP contribution is -2.38. The van der Waals surface area contributed by atoms with Gasteiger partial charge in [-0.25, -0.2) is 16.8 Å². The van der Waals surface area contributed by atoms with Crippen molar-refractivity contribution in [1.29, 1.82) is 0 Å². The Morgan fingerprint density at radius 2 is 1.43 bits per heavy atom. The third-order valence-corrected chi connectivity index (χ3v) is 7.17. The van der Waals surface area contributed by atoms with Crippen LogP contribution in [0.1, 0.15) is 32.1 Å². The Kier molecular flexibility index (Phi) is 4.97. The van der Waals surface area contributed by atoms with Gasteiger partial charge in [-0.15, -0.1) is 0 Å². The lowest BCUT2D eigenvalue weighted by atomic mass is 9.96. The molecule has 118 valence electrons. The van der Waals surface area contributed by atoms with Crippen LogP contribution in [0.25, 0.3) is 0 Å². The van der Waals surface area contributed by atoms with E-state index in [1.807, 2.05) is 0 Å². The fraction of sp³-hybridized carbons (Fsp3) is 0.538. The van der Waals surface area contributed by atoms with Crippen molar-refractivity contribution in [1.82, 2.24) is 4.31 Å². The highest BCUT2D eigenvalue weighted by molar-refractivity contribution is 8.13. The topological polar surface area (TPSA) is 71.5 Å². The summed E-state index contributed by atoms with van der Waals surface area (Å²) in [4.78, 5) is -0.0249. The Balaban J connectivity index is 2.26. The van der Waals surface area contributed by atoms with E-state index in [9.17, 15) is 16.8 Å². The van der Waals surface area contributed by atoms with E-state index in [1.165, 1.54) is 28.6 Å². The molecule has 1 aromatic rings. The molecule has 1 aromatic carbocycles. The monoisotopic (exact) mass is 351 g/mol. The van der Waals surface area contributed by atoms with Gasteiger partial charge in [0, 0.05) is 23.8 Å². The molecule has 0 atom stereocenters. The molecule has 8 heteroatoms. The van der Waals surface area contributed by atoms with Crippen molar-refractivity contribution in [3.05, 3.63) is 24.3 Å². The van der Waals surface area contributed by atoms with E-state index < -0.39 is 19.1 Å². The molecule has 0 heterocycles. The summed E-state index contributed by atoms with van der Waals surface area (Å²) in [5.74, 6) is 0. The fourth-order valence-electron chi connectivity index (χ4n) is 2.58. The van der Waals surface area contributed by atoms with Crippen molar-refractivity contribution < 1.29 is 16.8 Å². The number of sulfonamides is 1.